The maximum Gasteiger partial charge on any atom is 0.335 e. The first-order valence-corrected chi connectivity index (χ1v) is 11.2. The molecule has 1 unspecified atom stereocenters. The molecule has 1 atom stereocenters. The molecule has 0 bridgehead atoms. The SMILES string of the molecule is COc1ccc(C2/C(=C(/O)c3ccc(Cl)c(Cl)c3)C(=O)C(=O)N2Cc2ccc(C(=O)O)cc2)cc1. The van der Waals surface area contributed by atoms with Crippen LogP contribution in [0.25, 0.3) is 5.76 Å². The molecule has 0 radical (unpaired) electrons. The van der Waals surface area contributed by atoms with Crippen LogP contribution in [0.4, 0.5) is 0 Å². The van der Waals surface area contributed by atoms with Gasteiger partial charge in [-0.15, -0.1) is 0 Å². The number of carboxylic acid groups (broad SMARTS) is 1. The molecular formula is C26H19Cl2NO6. The first-order chi connectivity index (χ1) is 16.7. The van der Waals surface area contributed by atoms with Crippen LogP contribution < -0.4 is 4.74 Å². The molecule has 9 heteroatoms. The fourth-order valence-corrected chi connectivity index (χ4v) is 4.22. The van der Waals surface area contributed by atoms with Crippen molar-refractivity contribution in [1.82, 2.24) is 4.90 Å². The van der Waals surface area contributed by atoms with Gasteiger partial charge in [0, 0.05) is 12.1 Å². The van der Waals surface area contributed by atoms with Gasteiger partial charge in [0.25, 0.3) is 11.7 Å². The molecule has 0 saturated carbocycles. The Morgan fingerprint density at radius 1 is 0.914 bits per heavy atom. The summed E-state index contributed by atoms with van der Waals surface area (Å²) in [6.07, 6.45) is 0. The molecule has 35 heavy (non-hydrogen) atoms. The maximum atomic E-state index is 13.2. The first-order valence-electron chi connectivity index (χ1n) is 10.4. The number of aliphatic hydroxyl groups excluding tert-OH is 1. The number of nitrogens with zero attached hydrogens (tertiary/aromatic N) is 1. The Kier molecular flexibility index (Phi) is 6.82. The summed E-state index contributed by atoms with van der Waals surface area (Å²) in [6.45, 7) is 0.0132. The summed E-state index contributed by atoms with van der Waals surface area (Å²) in [7, 11) is 1.52. The number of methoxy groups -OCH3 is 1. The molecule has 1 aliphatic rings. The lowest BCUT2D eigenvalue weighted by atomic mass is 9.95. The number of Topliss-reactive ketones (excluding diaryl/α,β-unsaturated/α-hetero) is 1. The van der Waals surface area contributed by atoms with E-state index in [1.807, 2.05) is 0 Å². The minimum Gasteiger partial charge on any atom is -0.507 e. The van der Waals surface area contributed by atoms with E-state index in [0.717, 1.165) is 0 Å². The van der Waals surface area contributed by atoms with E-state index in [1.54, 1.807) is 36.4 Å². The number of ketones is 1. The Morgan fingerprint density at radius 3 is 2.11 bits per heavy atom. The van der Waals surface area contributed by atoms with E-state index >= 15 is 0 Å². The van der Waals surface area contributed by atoms with Crippen molar-refractivity contribution < 1.29 is 29.3 Å². The zero-order chi connectivity index (χ0) is 25.3. The topological polar surface area (TPSA) is 104 Å². The van der Waals surface area contributed by atoms with E-state index in [4.69, 9.17) is 33.0 Å². The predicted octanol–water partition coefficient (Wildman–Crippen LogP) is 5.32. The second-order valence-electron chi connectivity index (χ2n) is 7.83. The largest absolute Gasteiger partial charge is 0.507 e. The number of rotatable bonds is 6. The molecule has 0 spiro atoms. The molecule has 2 N–H and O–H groups in total. The van der Waals surface area contributed by atoms with Crippen molar-refractivity contribution in [3.05, 3.63) is 105 Å². The maximum absolute atomic E-state index is 13.2. The highest BCUT2D eigenvalue weighted by Crippen LogP contribution is 2.41. The highest BCUT2D eigenvalue weighted by atomic mass is 35.5. The van der Waals surface area contributed by atoms with Gasteiger partial charge in [0.1, 0.15) is 11.5 Å². The summed E-state index contributed by atoms with van der Waals surface area (Å²) in [5.74, 6) is -2.52. The van der Waals surface area contributed by atoms with Crippen LogP contribution in [0, 0.1) is 0 Å². The summed E-state index contributed by atoms with van der Waals surface area (Å²) in [5, 5.41) is 20.7. The number of carbonyl (C=O) groups excluding carboxylic acids is 2. The van der Waals surface area contributed by atoms with Crippen LogP contribution in [0.3, 0.4) is 0 Å². The van der Waals surface area contributed by atoms with E-state index in [1.165, 1.54) is 42.3 Å². The predicted molar refractivity (Wildman–Crippen MR) is 131 cm³/mol. The number of likely N-dealkylation sites (tertiary alicyclic amines) is 1. The van der Waals surface area contributed by atoms with Gasteiger partial charge < -0.3 is 19.8 Å². The molecule has 3 aromatic rings. The number of halogens is 2. The van der Waals surface area contributed by atoms with Gasteiger partial charge in [0.2, 0.25) is 0 Å². The second-order valence-corrected chi connectivity index (χ2v) is 8.65. The van der Waals surface area contributed by atoms with Crippen LogP contribution in [0.2, 0.25) is 10.0 Å². The molecule has 1 saturated heterocycles. The molecule has 1 fully saturated rings. The van der Waals surface area contributed by atoms with Crippen molar-refractivity contribution in [2.75, 3.05) is 7.11 Å². The zero-order valence-corrected chi connectivity index (χ0v) is 19.9. The van der Waals surface area contributed by atoms with Gasteiger partial charge in [0.05, 0.1) is 34.3 Å². The highest BCUT2D eigenvalue weighted by Gasteiger charge is 2.46. The minimum atomic E-state index is -1.07. The van der Waals surface area contributed by atoms with Gasteiger partial charge in [-0.1, -0.05) is 47.5 Å². The number of ether oxygens (including phenoxy) is 1. The molecule has 3 aromatic carbocycles. The van der Waals surface area contributed by atoms with Crippen LogP contribution in [-0.4, -0.2) is 39.9 Å². The standard InChI is InChI=1S/C26H19Cl2NO6/c1-35-18-9-6-15(7-10-18)22-21(23(30)17-8-11-19(27)20(28)12-17)24(31)25(32)29(22)13-14-2-4-16(5-3-14)26(33)34/h2-12,22,30H,13H2,1H3,(H,33,34)/b23-21-. The third-order valence-corrected chi connectivity index (χ3v) is 6.46. The molecule has 1 aliphatic heterocycles. The van der Waals surface area contributed by atoms with E-state index < -0.39 is 23.7 Å². The van der Waals surface area contributed by atoms with Crippen LogP contribution in [-0.2, 0) is 16.1 Å². The molecule has 0 aromatic heterocycles. The summed E-state index contributed by atoms with van der Waals surface area (Å²) in [4.78, 5) is 38.8. The summed E-state index contributed by atoms with van der Waals surface area (Å²) >= 11 is 12.1. The summed E-state index contributed by atoms with van der Waals surface area (Å²) in [6, 6.07) is 16.3. The van der Waals surface area contributed by atoms with Crippen LogP contribution in [0.1, 0.15) is 33.1 Å². The number of aliphatic hydroxyl groups is 1. The molecule has 7 nitrogen and oxygen atoms in total. The smallest absolute Gasteiger partial charge is 0.335 e. The number of aromatic carboxylic acids is 1. The van der Waals surface area contributed by atoms with Crippen molar-refractivity contribution in [2.45, 2.75) is 12.6 Å². The van der Waals surface area contributed by atoms with Gasteiger partial charge in [-0.25, -0.2) is 4.79 Å². The van der Waals surface area contributed by atoms with Gasteiger partial charge in [-0.2, -0.15) is 0 Å². The van der Waals surface area contributed by atoms with Crippen molar-refractivity contribution >= 4 is 46.6 Å². The van der Waals surface area contributed by atoms with E-state index in [9.17, 15) is 19.5 Å². The Balaban J connectivity index is 1.83. The molecular weight excluding hydrogens is 493 g/mol. The minimum absolute atomic E-state index is 0.0132. The number of carbonyl (C=O) groups is 3. The Hall–Kier alpha value is -3.81. The lowest BCUT2D eigenvalue weighted by Crippen LogP contribution is -2.29. The van der Waals surface area contributed by atoms with Crippen LogP contribution >= 0.6 is 23.2 Å². The number of hydrogen-bond acceptors (Lipinski definition) is 5. The summed E-state index contributed by atoms with van der Waals surface area (Å²) < 4.78 is 5.21. The Morgan fingerprint density at radius 2 is 1.54 bits per heavy atom. The van der Waals surface area contributed by atoms with Gasteiger partial charge >= 0.3 is 5.97 Å². The first kappa shape index (κ1) is 24.3. The fourth-order valence-electron chi connectivity index (χ4n) is 3.92. The van der Waals surface area contributed by atoms with Crippen molar-refractivity contribution in [3.8, 4) is 5.75 Å². The Labute approximate surface area is 210 Å². The third-order valence-electron chi connectivity index (χ3n) is 5.72. The molecule has 178 valence electrons. The highest BCUT2D eigenvalue weighted by molar-refractivity contribution is 6.46. The van der Waals surface area contributed by atoms with Gasteiger partial charge in [-0.3, -0.25) is 9.59 Å². The van der Waals surface area contributed by atoms with Crippen LogP contribution in [0.5, 0.6) is 5.75 Å². The van der Waals surface area contributed by atoms with Crippen molar-refractivity contribution in [2.24, 2.45) is 0 Å². The van der Waals surface area contributed by atoms with E-state index in [2.05, 4.69) is 0 Å². The summed E-state index contributed by atoms with van der Waals surface area (Å²) in [5.41, 5.74) is 1.43. The monoisotopic (exact) mass is 511 g/mol. The van der Waals surface area contributed by atoms with Crippen LogP contribution in [0.15, 0.2) is 72.3 Å². The molecule has 1 amide bonds. The van der Waals surface area contributed by atoms with E-state index in [0.29, 0.717) is 16.9 Å². The number of benzene rings is 3. The van der Waals surface area contributed by atoms with Crippen molar-refractivity contribution in [3.63, 3.8) is 0 Å². The number of carboxylic acids is 1. The Bertz CT molecular complexity index is 1350. The normalized spacial score (nSPS) is 17.0. The zero-order valence-electron chi connectivity index (χ0n) is 18.4. The van der Waals surface area contributed by atoms with Gasteiger partial charge in [-0.05, 0) is 53.6 Å². The average Bonchev–Trinajstić information content (AvgIpc) is 3.10. The fraction of sp³-hybridized carbons (Fsp3) is 0.115. The lowest BCUT2D eigenvalue weighted by molar-refractivity contribution is -0.140. The molecule has 0 aliphatic carbocycles. The second kappa shape index (κ2) is 9.82. The van der Waals surface area contributed by atoms with Crippen molar-refractivity contribution in [1.29, 1.82) is 0 Å². The van der Waals surface area contributed by atoms with E-state index in [-0.39, 0.29) is 39.0 Å². The van der Waals surface area contributed by atoms with Gasteiger partial charge in [0.15, 0.2) is 0 Å². The number of hydrogen-bond donors (Lipinski definition) is 2. The average molecular weight is 512 g/mol. The number of amides is 1. The molecule has 4 rings (SSSR count). The quantitative estimate of drug-likeness (QED) is 0.263. The lowest BCUT2D eigenvalue weighted by Gasteiger charge is -2.25. The molecule has 1 heterocycles. The third kappa shape index (κ3) is 4.73.